The van der Waals surface area contributed by atoms with Gasteiger partial charge in [-0.2, -0.15) is 0 Å². The summed E-state index contributed by atoms with van der Waals surface area (Å²) in [6.07, 6.45) is 0. The quantitative estimate of drug-likeness (QED) is 0.473. The monoisotopic (exact) mass is 418 g/mol. The lowest BCUT2D eigenvalue weighted by Gasteiger charge is -2.35. The fourth-order valence-corrected chi connectivity index (χ4v) is 4.52. The third-order valence-corrected chi connectivity index (χ3v) is 6.10. The molecular formula is C19H19ClN4O3S. The van der Waals surface area contributed by atoms with Gasteiger partial charge < -0.3 is 10.1 Å². The first kappa shape index (κ1) is 19.1. The molecule has 1 unspecified atom stereocenters. The first-order valence-electron chi connectivity index (χ1n) is 8.97. The SMILES string of the molecule is O=[N+]([O-])c1ccc2nc(NCC(c3ccccc3Cl)N3CCOCC3)sc2c1. The van der Waals surface area contributed by atoms with Crippen molar-refractivity contribution in [2.45, 2.75) is 6.04 Å². The molecule has 1 atom stereocenters. The minimum atomic E-state index is -0.391. The first-order chi connectivity index (χ1) is 13.6. The van der Waals surface area contributed by atoms with Crippen LogP contribution in [0.25, 0.3) is 10.2 Å². The number of anilines is 1. The lowest BCUT2D eigenvalue weighted by molar-refractivity contribution is -0.384. The molecule has 0 aliphatic carbocycles. The van der Waals surface area contributed by atoms with Crippen molar-refractivity contribution in [3.05, 3.63) is 63.2 Å². The van der Waals surface area contributed by atoms with E-state index in [2.05, 4.69) is 15.2 Å². The van der Waals surface area contributed by atoms with Crippen LogP contribution in [0, 0.1) is 10.1 Å². The summed E-state index contributed by atoms with van der Waals surface area (Å²) in [7, 11) is 0. The summed E-state index contributed by atoms with van der Waals surface area (Å²) in [5.74, 6) is 0. The molecule has 0 saturated carbocycles. The van der Waals surface area contributed by atoms with Crippen molar-refractivity contribution >= 4 is 44.0 Å². The fourth-order valence-electron chi connectivity index (χ4n) is 3.36. The van der Waals surface area contributed by atoms with Gasteiger partial charge in [-0.1, -0.05) is 41.1 Å². The second kappa shape index (κ2) is 8.40. The molecule has 0 bridgehead atoms. The molecule has 9 heteroatoms. The Labute approximate surface area is 171 Å². The number of hydrogen-bond donors (Lipinski definition) is 1. The third kappa shape index (κ3) is 4.10. The lowest BCUT2D eigenvalue weighted by atomic mass is 10.0. The highest BCUT2D eigenvalue weighted by Gasteiger charge is 2.24. The number of morpholine rings is 1. The fraction of sp³-hybridized carbons (Fsp3) is 0.316. The van der Waals surface area contributed by atoms with Crippen LogP contribution in [-0.2, 0) is 4.74 Å². The Morgan fingerprint density at radius 1 is 1.29 bits per heavy atom. The molecule has 28 heavy (non-hydrogen) atoms. The predicted molar refractivity (Wildman–Crippen MR) is 111 cm³/mol. The van der Waals surface area contributed by atoms with E-state index in [-0.39, 0.29) is 11.7 Å². The molecule has 4 rings (SSSR count). The zero-order valence-electron chi connectivity index (χ0n) is 15.0. The van der Waals surface area contributed by atoms with E-state index in [1.54, 1.807) is 12.1 Å². The topological polar surface area (TPSA) is 80.5 Å². The van der Waals surface area contributed by atoms with Gasteiger partial charge in [0.25, 0.3) is 5.69 Å². The zero-order chi connectivity index (χ0) is 19.5. The van der Waals surface area contributed by atoms with Gasteiger partial charge >= 0.3 is 0 Å². The molecular weight excluding hydrogens is 400 g/mol. The standard InChI is InChI=1S/C19H19ClN4O3S/c20-15-4-2-1-3-14(15)17(23-7-9-27-10-8-23)12-21-19-22-16-6-5-13(24(25)26)11-18(16)28-19/h1-6,11,17H,7-10,12H2,(H,21,22). The van der Waals surface area contributed by atoms with Gasteiger partial charge in [-0.25, -0.2) is 4.98 Å². The third-order valence-electron chi connectivity index (χ3n) is 4.78. The second-order valence-electron chi connectivity index (χ2n) is 6.49. The normalized spacial score (nSPS) is 16.2. The summed E-state index contributed by atoms with van der Waals surface area (Å²) in [6, 6.07) is 12.7. The van der Waals surface area contributed by atoms with Crippen molar-refractivity contribution in [1.82, 2.24) is 9.88 Å². The number of aromatic nitrogens is 1. The molecule has 1 saturated heterocycles. The molecule has 0 radical (unpaired) electrons. The van der Waals surface area contributed by atoms with E-state index in [9.17, 15) is 10.1 Å². The van der Waals surface area contributed by atoms with Crippen molar-refractivity contribution in [3.63, 3.8) is 0 Å². The number of halogens is 1. The van der Waals surface area contributed by atoms with Crippen LogP contribution in [0.5, 0.6) is 0 Å². The molecule has 3 aromatic rings. The minimum absolute atomic E-state index is 0.0740. The maximum Gasteiger partial charge on any atom is 0.270 e. The van der Waals surface area contributed by atoms with Gasteiger partial charge in [-0.15, -0.1) is 0 Å². The number of non-ortho nitro benzene ring substituents is 1. The van der Waals surface area contributed by atoms with E-state index < -0.39 is 4.92 Å². The van der Waals surface area contributed by atoms with E-state index in [4.69, 9.17) is 16.3 Å². The average molecular weight is 419 g/mol. The van der Waals surface area contributed by atoms with E-state index in [1.807, 2.05) is 24.3 Å². The number of nitrogens with zero attached hydrogens (tertiary/aromatic N) is 3. The molecule has 1 aromatic heterocycles. The predicted octanol–water partition coefficient (Wildman–Crippen LogP) is 4.34. The number of ether oxygens (including phenoxy) is 1. The van der Waals surface area contributed by atoms with Crippen LogP contribution in [0.4, 0.5) is 10.8 Å². The number of fused-ring (bicyclic) bond motifs is 1. The molecule has 146 valence electrons. The van der Waals surface area contributed by atoms with Crippen LogP contribution >= 0.6 is 22.9 Å². The van der Waals surface area contributed by atoms with Gasteiger partial charge in [0.2, 0.25) is 0 Å². The number of thiazole rings is 1. The number of benzene rings is 2. The minimum Gasteiger partial charge on any atom is -0.379 e. The Hall–Kier alpha value is -2.26. The lowest BCUT2D eigenvalue weighted by Crippen LogP contribution is -2.41. The van der Waals surface area contributed by atoms with E-state index in [0.29, 0.717) is 19.8 Å². The molecule has 1 aliphatic rings. The zero-order valence-corrected chi connectivity index (χ0v) is 16.6. The largest absolute Gasteiger partial charge is 0.379 e. The van der Waals surface area contributed by atoms with Crippen molar-refractivity contribution in [2.24, 2.45) is 0 Å². The van der Waals surface area contributed by atoms with Crippen LogP contribution in [0.15, 0.2) is 42.5 Å². The molecule has 7 nitrogen and oxygen atoms in total. The van der Waals surface area contributed by atoms with Gasteiger partial charge in [0.15, 0.2) is 5.13 Å². The Balaban J connectivity index is 1.56. The van der Waals surface area contributed by atoms with Crippen molar-refractivity contribution in [1.29, 1.82) is 0 Å². The smallest absolute Gasteiger partial charge is 0.270 e. The molecule has 2 heterocycles. The Morgan fingerprint density at radius 3 is 2.82 bits per heavy atom. The van der Waals surface area contributed by atoms with E-state index >= 15 is 0 Å². The summed E-state index contributed by atoms with van der Waals surface area (Å²) in [6.45, 7) is 3.70. The number of nitro groups is 1. The highest BCUT2D eigenvalue weighted by Crippen LogP contribution is 2.32. The van der Waals surface area contributed by atoms with Crippen LogP contribution in [0.2, 0.25) is 5.02 Å². The van der Waals surface area contributed by atoms with Crippen LogP contribution < -0.4 is 5.32 Å². The summed E-state index contributed by atoms with van der Waals surface area (Å²) in [5.41, 5.74) is 1.89. The number of nitro benzene ring substituents is 1. The van der Waals surface area contributed by atoms with Gasteiger partial charge in [0, 0.05) is 36.8 Å². The Bertz CT molecular complexity index is 990. The van der Waals surface area contributed by atoms with Gasteiger partial charge in [-0.3, -0.25) is 15.0 Å². The van der Waals surface area contributed by atoms with Crippen LogP contribution in [0.3, 0.4) is 0 Å². The van der Waals surface area contributed by atoms with Gasteiger partial charge in [0.05, 0.1) is 34.4 Å². The summed E-state index contributed by atoms with van der Waals surface area (Å²) >= 11 is 7.88. The molecule has 0 spiro atoms. The average Bonchev–Trinajstić information content (AvgIpc) is 3.12. The molecule has 2 aromatic carbocycles. The first-order valence-corrected chi connectivity index (χ1v) is 10.2. The number of rotatable bonds is 6. The molecule has 1 N–H and O–H groups in total. The summed E-state index contributed by atoms with van der Waals surface area (Å²) in [5, 5.41) is 15.9. The van der Waals surface area contributed by atoms with Crippen molar-refractivity contribution < 1.29 is 9.66 Å². The summed E-state index contributed by atoms with van der Waals surface area (Å²) in [4.78, 5) is 17.5. The maximum atomic E-state index is 11.0. The highest BCUT2D eigenvalue weighted by molar-refractivity contribution is 7.22. The van der Waals surface area contributed by atoms with Crippen molar-refractivity contribution in [3.8, 4) is 0 Å². The molecule has 1 fully saturated rings. The van der Waals surface area contributed by atoms with Crippen LogP contribution in [0.1, 0.15) is 11.6 Å². The van der Waals surface area contributed by atoms with E-state index in [0.717, 1.165) is 39.0 Å². The highest BCUT2D eigenvalue weighted by atomic mass is 35.5. The number of nitrogens with one attached hydrogen (secondary N) is 1. The van der Waals surface area contributed by atoms with Gasteiger partial charge in [0.1, 0.15) is 0 Å². The second-order valence-corrected chi connectivity index (χ2v) is 7.93. The van der Waals surface area contributed by atoms with E-state index in [1.165, 1.54) is 17.4 Å². The van der Waals surface area contributed by atoms with Gasteiger partial charge in [-0.05, 0) is 17.7 Å². The number of hydrogen-bond acceptors (Lipinski definition) is 7. The Morgan fingerprint density at radius 2 is 2.07 bits per heavy atom. The maximum absolute atomic E-state index is 11.0. The summed E-state index contributed by atoms with van der Waals surface area (Å²) < 4.78 is 6.28. The molecule has 1 aliphatic heterocycles. The Kier molecular flexibility index (Phi) is 5.72. The van der Waals surface area contributed by atoms with Crippen molar-refractivity contribution in [2.75, 3.05) is 38.2 Å². The van der Waals surface area contributed by atoms with Crippen LogP contribution in [-0.4, -0.2) is 47.7 Å². The molecule has 0 amide bonds.